The first-order chi connectivity index (χ1) is 7.65. The van der Waals surface area contributed by atoms with Crippen LogP contribution in [0, 0.1) is 0 Å². The lowest BCUT2D eigenvalue weighted by atomic mass is 10.5. The van der Waals surface area contributed by atoms with Crippen LogP contribution in [0.15, 0.2) is 6.20 Å². The van der Waals surface area contributed by atoms with Crippen molar-refractivity contribution in [3.63, 3.8) is 0 Å². The number of nitrogens with zero attached hydrogens (tertiary/aromatic N) is 3. The van der Waals surface area contributed by atoms with Gasteiger partial charge in [-0.1, -0.05) is 0 Å². The Morgan fingerprint density at radius 2 is 2.38 bits per heavy atom. The number of aromatic nitrogens is 3. The Balaban J connectivity index is 2.45. The van der Waals surface area contributed by atoms with Gasteiger partial charge in [0.25, 0.3) is 0 Å². The molecular formula is C9H18N3O4+. The fourth-order valence-corrected chi connectivity index (χ4v) is 1.12. The molecule has 0 amide bonds. The maximum Gasteiger partial charge on any atom is 0.303 e. The molecule has 7 heteroatoms. The summed E-state index contributed by atoms with van der Waals surface area (Å²) in [6.07, 6.45) is 1.20. The smallest absolute Gasteiger partial charge is 0.303 e. The number of rotatable bonds is 7. The first kappa shape index (κ1) is 13.0. The van der Waals surface area contributed by atoms with E-state index in [0.717, 1.165) is 5.69 Å². The number of hydrogen-bond acceptors (Lipinski definition) is 5. The second kappa shape index (κ2) is 6.54. The Labute approximate surface area is 94.1 Å². The highest BCUT2D eigenvalue weighted by atomic mass is 17.2. The van der Waals surface area contributed by atoms with Gasteiger partial charge in [0.1, 0.15) is 18.5 Å². The summed E-state index contributed by atoms with van der Waals surface area (Å²) in [5.74, 6) is 0. The van der Waals surface area contributed by atoms with Crippen LogP contribution in [0.2, 0.25) is 0 Å². The van der Waals surface area contributed by atoms with Crippen LogP contribution >= 0.6 is 0 Å². The largest absolute Gasteiger partial charge is 0.391 e. The third-order valence-electron chi connectivity index (χ3n) is 1.99. The summed E-state index contributed by atoms with van der Waals surface area (Å²) in [5, 5.41) is 13.1. The Morgan fingerprint density at radius 1 is 1.62 bits per heavy atom. The highest BCUT2D eigenvalue weighted by Crippen LogP contribution is 1.95. The van der Waals surface area contributed by atoms with Gasteiger partial charge in [-0.15, -0.1) is 4.68 Å². The van der Waals surface area contributed by atoms with Crippen LogP contribution in [0.3, 0.4) is 0 Å². The van der Waals surface area contributed by atoms with E-state index in [9.17, 15) is 0 Å². The normalized spacial score (nSPS) is 13.0. The van der Waals surface area contributed by atoms with Crippen LogP contribution in [0.25, 0.3) is 0 Å². The Morgan fingerprint density at radius 3 is 3.00 bits per heavy atom. The summed E-state index contributed by atoms with van der Waals surface area (Å²) in [6.45, 7) is 2.56. The molecule has 1 N–H and O–H groups in total. The summed E-state index contributed by atoms with van der Waals surface area (Å²) in [4.78, 5) is 10.9. The lowest BCUT2D eigenvalue weighted by molar-refractivity contribution is -0.850. The molecule has 0 aliphatic heterocycles. The maximum atomic E-state index is 9.02. The van der Waals surface area contributed by atoms with Gasteiger partial charge in [0.05, 0.1) is 26.9 Å². The van der Waals surface area contributed by atoms with E-state index in [1.165, 1.54) is 7.11 Å². The molecule has 1 aromatic heterocycles. The van der Waals surface area contributed by atoms with E-state index in [-0.39, 0.29) is 13.3 Å². The summed E-state index contributed by atoms with van der Waals surface area (Å²) in [6, 6.07) is 0. The predicted molar refractivity (Wildman–Crippen MR) is 52.8 cm³/mol. The van der Waals surface area contributed by atoms with Gasteiger partial charge in [0.15, 0.2) is 0 Å². The van der Waals surface area contributed by atoms with Crippen molar-refractivity contribution in [2.45, 2.75) is 26.4 Å². The third-order valence-corrected chi connectivity index (χ3v) is 1.99. The molecule has 0 aromatic carbocycles. The van der Waals surface area contributed by atoms with E-state index in [2.05, 4.69) is 9.99 Å². The van der Waals surface area contributed by atoms with Gasteiger partial charge in [-0.05, 0) is 6.92 Å². The first-order valence-corrected chi connectivity index (χ1v) is 4.97. The van der Waals surface area contributed by atoms with E-state index in [1.807, 2.05) is 7.05 Å². The summed E-state index contributed by atoms with van der Waals surface area (Å²) >= 11 is 0. The molecule has 1 atom stereocenters. The van der Waals surface area contributed by atoms with Gasteiger partial charge in [-0.2, -0.15) is 0 Å². The van der Waals surface area contributed by atoms with Crippen LogP contribution in [-0.2, 0) is 34.9 Å². The molecule has 0 spiro atoms. The molecule has 0 saturated heterocycles. The van der Waals surface area contributed by atoms with Crippen molar-refractivity contribution < 1.29 is 24.4 Å². The monoisotopic (exact) mass is 232 g/mol. The quantitative estimate of drug-likeness (QED) is 0.376. The standard InChI is InChI=1S/C9H18N3O4/c1-8(13)5-15-7-12-10-4-9(11(12)2)6-16-14-3/h4,8,13H,5-7H2,1-3H3/q+1. The van der Waals surface area contributed by atoms with Gasteiger partial charge in [0.2, 0.25) is 0 Å². The number of aliphatic hydroxyl groups excluding tert-OH is 1. The zero-order valence-corrected chi connectivity index (χ0v) is 9.79. The van der Waals surface area contributed by atoms with Crippen LogP contribution in [-0.4, -0.2) is 34.7 Å². The van der Waals surface area contributed by atoms with Crippen molar-refractivity contribution in [3.05, 3.63) is 11.9 Å². The van der Waals surface area contributed by atoms with Gasteiger partial charge < -0.3 is 9.84 Å². The van der Waals surface area contributed by atoms with Crippen LogP contribution in [0.1, 0.15) is 12.6 Å². The van der Waals surface area contributed by atoms with E-state index in [1.54, 1.807) is 22.6 Å². The minimum Gasteiger partial charge on any atom is -0.391 e. The van der Waals surface area contributed by atoms with Gasteiger partial charge >= 0.3 is 6.73 Å². The van der Waals surface area contributed by atoms with E-state index in [0.29, 0.717) is 6.61 Å². The minimum atomic E-state index is -0.475. The molecule has 0 saturated carbocycles. The zero-order valence-electron chi connectivity index (χ0n) is 9.79. The van der Waals surface area contributed by atoms with Gasteiger partial charge in [-0.25, -0.2) is 9.78 Å². The maximum absolute atomic E-state index is 9.02. The molecular weight excluding hydrogens is 214 g/mol. The fourth-order valence-electron chi connectivity index (χ4n) is 1.12. The Hall–Kier alpha value is -1.02. The minimum absolute atomic E-state index is 0.282. The first-order valence-electron chi connectivity index (χ1n) is 4.97. The molecule has 0 radical (unpaired) electrons. The van der Waals surface area contributed by atoms with Crippen LogP contribution < -0.4 is 4.80 Å². The fraction of sp³-hybridized carbons (Fsp3) is 0.778. The molecule has 0 aliphatic carbocycles. The molecule has 0 aliphatic rings. The Kier molecular flexibility index (Phi) is 5.33. The summed E-state index contributed by atoms with van der Waals surface area (Å²) in [7, 11) is 3.29. The lowest BCUT2D eigenvalue weighted by Gasteiger charge is -2.02. The number of ether oxygens (including phenoxy) is 1. The molecule has 1 heterocycles. The molecule has 92 valence electrons. The van der Waals surface area contributed by atoms with Crippen LogP contribution in [0.5, 0.6) is 0 Å². The summed E-state index contributed by atoms with van der Waals surface area (Å²) < 4.78 is 7.03. The number of hydrogen-bond donors (Lipinski definition) is 1. The predicted octanol–water partition coefficient (Wildman–Crippen LogP) is -0.859. The van der Waals surface area contributed by atoms with Crippen molar-refractivity contribution >= 4 is 0 Å². The van der Waals surface area contributed by atoms with Crippen molar-refractivity contribution in [1.82, 2.24) is 9.78 Å². The van der Waals surface area contributed by atoms with Crippen LogP contribution in [0.4, 0.5) is 0 Å². The zero-order chi connectivity index (χ0) is 12.0. The average molecular weight is 232 g/mol. The second-order valence-corrected chi connectivity index (χ2v) is 3.41. The lowest BCUT2D eigenvalue weighted by Crippen LogP contribution is -2.46. The summed E-state index contributed by atoms with van der Waals surface area (Å²) in [5.41, 5.74) is 0.863. The second-order valence-electron chi connectivity index (χ2n) is 3.41. The van der Waals surface area contributed by atoms with Gasteiger partial charge in [0, 0.05) is 9.90 Å². The van der Waals surface area contributed by atoms with E-state index in [4.69, 9.17) is 14.7 Å². The molecule has 1 aromatic rings. The molecule has 1 unspecified atom stereocenters. The molecule has 16 heavy (non-hydrogen) atoms. The third kappa shape index (κ3) is 3.86. The van der Waals surface area contributed by atoms with E-state index >= 15 is 0 Å². The molecule has 0 bridgehead atoms. The molecule has 1 rings (SSSR count). The molecule has 0 fully saturated rings. The topological polar surface area (TPSA) is 69.6 Å². The average Bonchev–Trinajstić information content (AvgIpc) is 2.57. The number of aliphatic hydroxyl groups is 1. The highest BCUT2D eigenvalue weighted by Gasteiger charge is 2.14. The SMILES string of the molecule is COOCc1cn[n+](COCC(C)O)n1C. The van der Waals surface area contributed by atoms with E-state index < -0.39 is 6.10 Å². The van der Waals surface area contributed by atoms with Crippen molar-refractivity contribution in [2.75, 3.05) is 13.7 Å². The molecule has 7 nitrogen and oxygen atoms in total. The van der Waals surface area contributed by atoms with Crippen molar-refractivity contribution in [2.24, 2.45) is 7.05 Å². The van der Waals surface area contributed by atoms with Crippen molar-refractivity contribution in [1.29, 1.82) is 0 Å². The van der Waals surface area contributed by atoms with Crippen molar-refractivity contribution in [3.8, 4) is 0 Å². The Bertz CT molecular complexity index is 314. The van der Waals surface area contributed by atoms with Gasteiger partial charge in [-0.3, -0.25) is 0 Å². The highest BCUT2D eigenvalue weighted by molar-refractivity contribution is 4.87.